The molecule has 156 valence electrons. The molecule has 3 heterocycles. The molecule has 0 saturated heterocycles. The van der Waals surface area contributed by atoms with E-state index in [-0.39, 0.29) is 17.6 Å². The van der Waals surface area contributed by atoms with E-state index in [1.807, 2.05) is 42.5 Å². The van der Waals surface area contributed by atoms with Crippen LogP contribution in [0.2, 0.25) is 0 Å². The second kappa shape index (κ2) is 9.39. The van der Waals surface area contributed by atoms with Gasteiger partial charge in [0.05, 0.1) is 19.6 Å². The van der Waals surface area contributed by atoms with Crippen LogP contribution in [0.1, 0.15) is 30.7 Å². The molecule has 0 spiro atoms. The molecule has 1 aliphatic rings. The smallest absolute Gasteiger partial charge is 0.346 e. The van der Waals surface area contributed by atoms with Crippen LogP contribution in [-0.4, -0.2) is 37.9 Å². The van der Waals surface area contributed by atoms with Crippen molar-refractivity contribution in [1.82, 2.24) is 24.6 Å². The number of hydrogen-bond donors (Lipinski definition) is 1. The summed E-state index contributed by atoms with van der Waals surface area (Å²) in [6.45, 7) is 1.30. The molecule has 30 heavy (non-hydrogen) atoms. The number of hydrogen-bond acceptors (Lipinski definition) is 5. The fourth-order valence-corrected chi connectivity index (χ4v) is 3.62. The molecule has 8 nitrogen and oxygen atoms in total. The van der Waals surface area contributed by atoms with Crippen LogP contribution in [0.15, 0.2) is 59.7 Å². The minimum Gasteiger partial charge on any atom is -0.493 e. The number of carbonyl (C=O) groups excluding carboxylic acids is 1. The van der Waals surface area contributed by atoms with E-state index < -0.39 is 0 Å². The molecule has 8 heteroatoms. The van der Waals surface area contributed by atoms with E-state index in [0.29, 0.717) is 39.0 Å². The highest BCUT2D eigenvalue weighted by Gasteiger charge is 2.22. The monoisotopic (exact) mass is 407 g/mol. The number of nitrogens with zero attached hydrogens (tertiary/aromatic N) is 4. The lowest BCUT2D eigenvalue weighted by atomic mass is 10.1. The van der Waals surface area contributed by atoms with Crippen molar-refractivity contribution in [2.45, 2.75) is 44.8 Å². The molecule has 1 unspecified atom stereocenters. The summed E-state index contributed by atoms with van der Waals surface area (Å²) in [6, 6.07) is 13.3. The molecule has 1 amide bonds. The minimum absolute atomic E-state index is 0.0297. The van der Waals surface area contributed by atoms with Gasteiger partial charge in [0.25, 0.3) is 0 Å². The Balaban J connectivity index is 1.28. The maximum atomic E-state index is 12.7. The molecule has 0 saturated carbocycles. The highest BCUT2D eigenvalue weighted by Crippen LogP contribution is 2.13. The number of aromatic nitrogens is 4. The molecule has 1 N–H and O–H groups in total. The van der Waals surface area contributed by atoms with Gasteiger partial charge in [0.2, 0.25) is 5.91 Å². The number of carbonyl (C=O) groups is 1. The molecule has 1 aliphatic heterocycles. The zero-order chi connectivity index (χ0) is 20.8. The van der Waals surface area contributed by atoms with Gasteiger partial charge >= 0.3 is 5.69 Å². The number of benzene rings is 1. The molecule has 0 fully saturated rings. The molecule has 0 bridgehead atoms. The van der Waals surface area contributed by atoms with Crippen LogP contribution in [0.5, 0.6) is 5.75 Å². The van der Waals surface area contributed by atoms with E-state index in [2.05, 4.69) is 15.4 Å². The second-order valence-electron chi connectivity index (χ2n) is 7.37. The van der Waals surface area contributed by atoms with Gasteiger partial charge in [-0.25, -0.2) is 9.48 Å². The number of amides is 1. The van der Waals surface area contributed by atoms with Gasteiger partial charge in [0.15, 0.2) is 0 Å². The molecule has 2 aromatic heterocycles. The summed E-state index contributed by atoms with van der Waals surface area (Å²) in [6.07, 6.45) is 5.86. The predicted octanol–water partition coefficient (Wildman–Crippen LogP) is 1.78. The average molecular weight is 407 g/mol. The van der Waals surface area contributed by atoms with Crippen molar-refractivity contribution >= 4 is 5.91 Å². The first kappa shape index (κ1) is 19.9. The first-order chi connectivity index (χ1) is 14.7. The van der Waals surface area contributed by atoms with Crippen molar-refractivity contribution in [3.05, 3.63) is 76.7 Å². The van der Waals surface area contributed by atoms with Crippen LogP contribution in [0, 0.1) is 0 Å². The number of ether oxygens (including phenoxy) is 1. The summed E-state index contributed by atoms with van der Waals surface area (Å²) in [7, 11) is 0. The van der Waals surface area contributed by atoms with Crippen molar-refractivity contribution in [1.29, 1.82) is 0 Å². The second-order valence-corrected chi connectivity index (χ2v) is 7.37. The van der Waals surface area contributed by atoms with Crippen molar-refractivity contribution in [3.8, 4) is 5.75 Å². The minimum atomic E-state index is -0.114. The van der Waals surface area contributed by atoms with Crippen LogP contribution < -0.4 is 15.7 Å². The van der Waals surface area contributed by atoms with Crippen LogP contribution in [0.25, 0.3) is 0 Å². The third kappa shape index (κ3) is 4.94. The van der Waals surface area contributed by atoms with Crippen molar-refractivity contribution < 1.29 is 9.53 Å². The Morgan fingerprint density at radius 3 is 2.83 bits per heavy atom. The zero-order valence-electron chi connectivity index (χ0n) is 16.7. The lowest BCUT2D eigenvalue weighted by molar-refractivity contribution is -0.122. The SMILES string of the molecule is O=C(CCOc1ccccc1)NC1CCc2nn(Cc3cccnc3)c(=O)n2CC1. The van der Waals surface area contributed by atoms with Gasteiger partial charge in [0.1, 0.15) is 11.6 Å². The standard InChI is InChI=1S/C22H25N5O3/c28-21(11-14-30-19-6-2-1-3-7-19)24-18-8-9-20-25-27(22(29)26(20)13-10-18)16-17-5-4-12-23-15-17/h1-7,12,15,18H,8-11,13-14,16H2,(H,24,28). The van der Waals surface area contributed by atoms with Crippen molar-refractivity contribution in [3.63, 3.8) is 0 Å². The molecule has 0 radical (unpaired) electrons. The Hall–Kier alpha value is -3.42. The lowest BCUT2D eigenvalue weighted by Gasteiger charge is -2.16. The Labute approximate surface area is 174 Å². The summed E-state index contributed by atoms with van der Waals surface area (Å²) in [4.78, 5) is 29.1. The summed E-state index contributed by atoms with van der Waals surface area (Å²) in [5, 5.41) is 7.58. The number of rotatable bonds is 7. The van der Waals surface area contributed by atoms with E-state index in [1.165, 1.54) is 4.68 Å². The summed E-state index contributed by atoms with van der Waals surface area (Å²) in [5.74, 6) is 1.49. The Morgan fingerprint density at radius 1 is 1.17 bits per heavy atom. The number of fused-ring (bicyclic) bond motifs is 1. The maximum Gasteiger partial charge on any atom is 0.346 e. The Morgan fingerprint density at radius 2 is 2.03 bits per heavy atom. The van der Waals surface area contributed by atoms with Crippen LogP contribution in [0.4, 0.5) is 0 Å². The Bertz CT molecular complexity index is 1030. The van der Waals surface area contributed by atoms with Crippen LogP contribution in [-0.2, 0) is 24.3 Å². The molecular formula is C22H25N5O3. The van der Waals surface area contributed by atoms with Crippen molar-refractivity contribution in [2.75, 3.05) is 6.61 Å². The average Bonchev–Trinajstić information content (AvgIpc) is 2.92. The highest BCUT2D eigenvalue weighted by molar-refractivity contribution is 5.76. The van der Waals surface area contributed by atoms with Gasteiger partial charge in [-0.3, -0.25) is 14.3 Å². The van der Waals surface area contributed by atoms with E-state index >= 15 is 0 Å². The van der Waals surface area contributed by atoms with Crippen molar-refractivity contribution in [2.24, 2.45) is 0 Å². The van der Waals surface area contributed by atoms with Crippen LogP contribution in [0.3, 0.4) is 0 Å². The van der Waals surface area contributed by atoms with E-state index in [0.717, 1.165) is 23.6 Å². The van der Waals surface area contributed by atoms with Gasteiger partial charge in [-0.05, 0) is 36.6 Å². The first-order valence-corrected chi connectivity index (χ1v) is 10.2. The third-order valence-corrected chi connectivity index (χ3v) is 5.18. The molecule has 0 aliphatic carbocycles. The number of pyridine rings is 1. The largest absolute Gasteiger partial charge is 0.493 e. The van der Waals surface area contributed by atoms with Gasteiger partial charge in [-0.15, -0.1) is 0 Å². The number of para-hydroxylation sites is 1. The quantitative estimate of drug-likeness (QED) is 0.645. The zero-order valence-corrected chi connectivity index (χ0v) is 16.7. The van der Waals surface area contributed by atoms with Gasteiger partial charge in [-0.2, -0.15) is 5.10 Å². The van der Waals surface area contributed by atoms with Gasteiger partial charge in [0, 0.05) is 31.4 Å². The fourth-order valence-electron chi connectivity index (χ4n) is 3.62. The van der Waals surface area contributed by atoms with E-state index in [9.17, 15) is 9.59 Å². The third-order valence-electron chi connectivity index (χ3n) is 5.18. The number of aryl methyl sites for hydroxylation is 1. The summed E-state index contributed by atoms with van der Waals surface area (Å²) in [5.41, 5.74) is 0.827. The molecular weight excluding hydrogens is 382 g/mol. The molecule has 3 aromatic rings. The lowest BCUT2D eigenvalue weighted by Crippen LogP contribution is -2.36. The van der Waals surface area contributed by atoms with Gasteiger partial charge < -0.3 is 10.1 Å². The topological polar surface area (TPSA) is 91.0 Å². The highest BCUT2D eigenvalue weighted by atomic mass is 16.5. The fraction of sp³-hybridized carbons (Fsp3) is 0.364. The Kier molecular flexibility index (Phi) is 6.22. The summed E-state index contributed by atoms with van der Waals surface area (Å²) < 4.78 is 8.80. The predicted molar refractivity (Wildman–Crippen MR) is 111 cm³/mol. The van der Waals surface area contributed by atoms with E-state index in [1.54, 1.807) is 17.0 Å². The molecule has 4 rings (SSSR count). The molecule has 1 aromatic carbocycles. The molecule has 1 atom stereocenters. The van der Waals surface area contributed by atoms with E-state index in [4.69, 9.17) is 4.74 Å². The van der Waals surface area contributed by atoms with Crippen LogP contribution >= 0.6 is 0 Å². The summed E-state index contributed by atoms with van der Waals surface area (Å²) >= 11 is 0. The maximum absolute atomic E-state index is 12.7. The normalized spacial score (nSPS) is 15.8. The van der Waals surface area contributed by atoms with Gasteiger partial charge in [-0.1, -0.05) is 24.3 Å². The first-order valence-electron chi connectivity index (χ1n) is 10.2. The number of nitrogens with one attached hydrogen (secondary N) is 1.